The molecule has 142 valence electrons. The number of hydrogen-bond donors (Lipinski definition) is 2. The molecule has 2 aromatic heterocycles. The molecule has 0 aliphatic carbocycles. The maximum atomic E-state index is 11.8. The number of hydrogen-bond acceptors (Lipinski definition) is 5. The number of anilines is 1. The summed E-state index contributed by atoms with van der Waals surface area (Å²) in [5.41, 5.74) is 7.96. The highest BCUT2D eigenvalue weighted by Crippen LogP contribution is 2.34. The molecule has 3 aromatic rings. The predicted molar refractivity (Wildman–Crippen MR) is 103 cm³/mol. The molecule has 0 saturated carbocycles. The molecule has 1 aliphatic rings. The quantitative estimate of drug-likeness (QED) is 0.719. The van der Waals surface area contributed by atoms with Crippen LogP contribution in [0.15, 0.2) is 24.3 Å². The SMILES string of the molecule is CC(C)(C)N(C[C@H]1COCc2nc3c(N)nc4ccccc4c3n21)C(=O)O. The Kier molecular flexibility index (Phi) is 3.96. The van der Waals surface area contributed by atoms with Crippen LogP contribution in [0.25, 0.3) is 21.9 Å². The summed E-state index contributed by atoms with van der Waals surface area (Å²) in [7, 11) is 0. The molecule has 3 heterocycles. The number of imidazole rings is 1. The van der Waals surface area contributed by atoms with Gasteiger partial charge >= 0.3 is 6.09 Å². The van der Waals surface area contributed by atoms with Crippen molar-refractivity contribution in [2.45, 2.75) is 39.0 Å². The number of amides is 1. The number of aromatic nitrogens is 3. The molecule has 3 N–H and O–H groups in total. The van der Waals surface area contributed by atoms with Crippen LogP contribution in [-0.2, 0) is 11.3 Å². The fourth-order valence-electron chi connectivity index (χ4n) is 3.71. The summed E-state index contributed by atoms with van der Waals surface area (Å²) in [6.45, 7) is 6.73. The van der Waals surface area contributed by atoms with Gasteiger partial charge in [0.2, 0.25) is 0 Å². The lowest BCUT2D eigenvalue weighted by molar-refractivity contribution is 0.0284. The third kappa shape index (κ3) is 2.86. The smallest absolute Gasteiger partial charge is 0.407 e. The molecule has 1 aromatic carbocycles. The zero-order valence-electron chi connectivity index (χ0n) is 15.6. The van der Waals surface area contributed by atoms with Crippen LogP contribution in [0.3, 0.4) is 0 Å². The standard InChI is InChI=1S/C19H23N5O3/c1-19(2,3)23(18(25)26)8-11-9-27-10-14-22-15-16(24(11)14)12-6-4-5-7-13(12)21-17(15)20/h4-7,11H,8-10H2,1-3H3,(H2,20,21)(H,25,26)/t11-/m0/s1. The molecule has 0 bridgehead atoms. The fourth-order valence-corrected chi connectivity index (χ4v) is 3.71. The second-order valence-corrected chi connectivity index (χ2v) is 7.84. The first-order chi connectivity index (χ1) is 12.8. The number of fused-ring (bicyclic) bond motifs is 5. The van der Waals surface area contributed by atoms with Gasteiger partial charge in [-0.05, 0) is 26.8 Å². The third-order valence-corrected chi connectivity index (χ3v) is 4.97. The Morgan fingerprint density at radius 1 is 1.37 bits per heavy atom. The highest BCUT2D eigenvalue weighted by molar-refractivity contribution is 6.06. The monoisotopic (exact) mass is 369 g/mol. The van der Waals surface area contributed by atoms with Crippen LogP contribution < -0.4 is 5.73 Å². The molecule has 1 aliphatic heterocycles. The number of carboxylic acid groups (broad SMARTS) is 1. The molecule has 1 amide bonds. The highest BCUT2D eigenvalue weighted by atomic mass is 16.5. The van der Waals surface area contributed by atoms with Gasteiger partial charge in [0.1, 0.15) is 17.9 Å². The summed E-state index contributed by atoms with van der Waals surface area (Å²) in [5.74, 6) is 1.11. The van der Waals surface area contributed by atoms with Crippen LogP contribution in [0.2, 0.25) is 0 Å². The number of rotatable bonds is 2. The van der Waals surface area contributed by atoms with Crippen molar-refractivity contribution in [3.63, 3.8) is 0 Å². The zero-order valence-corrected chi connectivity index (χ0v) is 15.6. The Hall–Kier alpha value is -2.87. The highest BCUT2D eigenvalue weighted by Gasteiger charge is 2.33. The number of nitrogens with two attached hydrogens (primary N) is 1. The molecular formula is C19H23N5O3. The second kappa shape index (κ2) is 6.09. The Morgan fingerprint density at radius 3 is 2.81 bits per heavy atom. The van der Waals surface area contributed by atoms with Crippen LogP contribution in [0.1, 0.15) is 32.6 Å². The summed E-state index contributed by atoms with van der Waals surface area (Å²) in [6.07, 6.45) is -0.954. The van der Waals surface area contributed by atoms with Gasteiger partial charge in [0.05, 0.1) is 23.7 Å². The van der Waals surface area contributed by atoms with E-state index < -0.39 is 11.6 Å². The van der Waals surface area contributed by atoms with Gasteiger partial charge in [0.15, 0.2) is 5.82 Å². The van der Waals surface area contributed by atoms with Gasteiger partial charge < -0.3 is 25.0 Å². The molecule has 1 atom stereocenters. The number of para-hydroxylation sites is 1. The fraction of sp³-hybridized carbons (Fsp3) is 0.421. The number of benzene rings is 1. The third-order valence-electron chi connectivity index (χ3n) is 4.97. The van der Waals surface area contributed by atoms with Gasteiger partial charge in [0, 0.05) is 17.5 Å². The van der Waals surface area contributed by atoms with E-state index in [2.05, 4.69) is 14.5 Å². The largest absolute Gasteiger partial charge is 0.465 e. The van der Waals surface area contributed by atoms with E-state index in [0.717, 1.165) is 22.2 Å². The van der Waals surface area contributed by atoms with Crippen molar-refractivity contribution >= 4 is 33.8 Å². The summed E-state index contributed by atoms with van der Waals surface area (Å²) < 4.78 is 7.80. The Morgan fingerprint density at radius 2 is 2.11 bits per heavy atom. The predicted octanol–water partition coefficient (Wildman–Crippen LogP) is 3.02. The van der Waals surface area contributed by atoms with E-state index in [-0.39, 0.29) is 6.04 Å². The van der Waals surface area contributed by atoms with E-state index in [0.29, 0.717) is 31.1 Å². The van der Waals surface area contributed by atoms with E-state index in [1.165, 1.54) is 4.90 Å². The number of pyridine rings is 1. The molecule has 0 unspecified atom stereocenters. The molecule has 8 heteroatoms. The Balaban J connectivity index is 1.91. The summed E-state index contributed by atoms with van der Waals surface area (Å²) in [4.78, 5) is 22.4. The molecule has 27 heavy (non-hydrogen) atoms. The van der Waals surface area contributed by atoms with Gasteiger partial charge in [-0.3, -0.25) is 0 Å². The number of nitrogens with zero attached hydrogens (tertiary/aromatic N) is 4. The normalized spacial score (nSPS) is 17.2. The van der Waals surface area contributed by atoms with Crippen LogP contribution in [-0.4, -0.2) is 49.3 Å². The second-order valence-electron chi connectivity index (χ2n) is 7.84. The van der Waals surface area contributed by atoms with E-state index in [9.17, 15) is 9.90 Å². The minimum atomic E-state index is -0.954. The molecule has 0 radical (unpaired) electrons. The first-order valence-corrected chi connectivity index (χ1v) is 8.90. The average Bonchev–Trinajstić information content (AvgIpc) is 2.99. The molecule has 4 rings (SSSR count). The van der Waals surface area contributed by atoms with Crippen molar-refractivity contribution in [2.75, 3.05) is 18.9 Å². The van der Waals surface area contributed by atoms with Crippen molar-refractivity contribution in [1.82, 2.24) is 19.4 Å². The topological polar surface area (TPSA) is 106 Å². The summed E-state index contributed by atoms with van der Waals surface area (Å²) in [5, 5.41) is 10.6. The van der Waals surface area contributed by atoms with Gasteiger partial charge in [-0.2, -0.15) is 0 Å². The zero-order chi connectivity index (χ0) is 19.3. The lowest BCUT2D eigenvalue weighted by Crippen LogP contribution is -2.48. The first kappa shape index (κ1) is 17.5. The first-order valence-electron chi connectivity index (χ1n) is 8.90. The van der Waals surface area contributed by atoms with Crippen LogP contribution >= 0.6 is 0 Å². The van der Waals surface area contributed by atoms with Crippen molar-refractivity contribution in [2.24, 2.45) is 0 Å². The van der Waals surface area contributed by atoms with Crippen LogP contribution in [0, 0.1) is 0 Å². The number of nitrogen functional groups attached to an aromatic ring is 1. The Bertz CT molecular complexity index is 1040. The average molecular weight is 369 g/mol. The molecule has 0 fully saturated rings. The maximum Gasteiger partial charge on any atom is 0.407 e. The van der Waals surface area contributed by atoms with E-state index in [1.54, 1.807) is 0 Å². The molecule has 0 spiro atoms. The number of carbonyl (C=O) groups is 1. The van der Waals surface area contributed by atoms with E-state index >= 15 is 0 Å². The van der Waals surface area contributed by atoms with Gasteiger partial charge in [-0.1, -0.05) is 18.2 Å². The Labute approximate surface area is 156 Å². The van der Waals surface area contributed by atoms with E-state index in [4.69, 9.17) is 10.5 Å². The summed E-state index contributed by atoms with van der Waals surface area (Å²) >= 11 is 0. The van der Waals surface area contributed by atoms with Gasteiger partial charge in [0.25, 0.3) is 0 Å². The van der Waals surface area contributed by atoms with Crippen LogP contribution in [0.5, 0.6) is 0 Å². The van der Waals surface area contributed by atoms with Gasteiger partial charge in [-0.15, -0.1) is 0 Å². The van der Waals surface area contributed by atoms with Crippen molar-refractivity contribution in [3.8, 4) is 0 Å². The number of ether oxygens (including phenoxy) is 1. The van der Waals surface area contributed by atoms with Gasteiger partial charge in [-0.25, -0.2) is 14.8 Å². The lowest BCUT2D eigenvalue weighted by atomic mass is 10.1. The minimum absolute atomic E-state index is 0.195. The van der Waals surface area contributed by atoms with Crippen molar-refractivity contribution in [3.05, 3.63) is 30.1 Å². The minimum Gasteiger partial charge on any atom is -0.465 e. The maximum absolute atomic E-state index is 11.8. The van der Waals surface area contributed by atoms with Crippen molar-refractivity contribution < 1.29 is 14.6 Å². The molecule has 0 saturated heterocycles. The van der Waals surface area contributed by atoms with Crippen LogP contribution in [0.4, 0.5) is 10.6 Å². The van der Waals surface area contributed by atoms with Crippen molar-refractivity contribution in [1.29, 1.82) is 0 Å². The summed E-state index contributed by atoms with van der Waals surface area (Å²) in [6, 6.07) is 7.58. The molecular weight excluding hydrogens is 346 g/mol. The lowest BCUT2D eigenvalue weighted by Gasteiger charge is -2.37. The van der Waals surface area contributed by atoms with E-state index in [1.807, 2.05) is 45.0 Å². The molecule has 8 nitrogen and oxygen atoms in total.